The molecule has 13 heteroatoms. The van der Waals surface area contributed by atoms with Gasteiger partial charge in [0, 0.05) is 6.20 Å². The second-order valence-electron chi connectivity index (χ2n) is 7.25. The van der Waals surface area contributed by atoms with Crippen molar-refractivity contribution in [3.8, 4) is 12.3 Å². The molecule has 2 aliphatic heterocycles. The average molecular weight is 488 g/mol. The fraction of sp³-hybridized carbons (Fsp3) is 0.474. The summed E-state index contributed by atoms with van der Waals surface area (Å²) >= 11 is 5.01. The number of phosphoric ester groups is 1. The number of aromatic amines is 1. The molecule has 1 aromatic heterocycles. The predicted molar refractivity (Wildman–Crippen MR) is 113 cm³/mol. The summed E-state index contributed by atoms with van der Waals surface area (Å²) < 4.78 is 49.8. The number of allylic oxidation sites excluding steroid dienone is 2. The van der Waals surface area contributed by atoms with Crippen molar-refractivity contribution in [2.45, 2.75) is 45.1 Å². The van der Waals surface area contributed by atoms with Gasteiger partial charge in [0.2, 0.25) is 0 Å². The number of phosphoric acid groups is 1. The van der Waals surface area contributed by atoms with Gasteiger partial charge in [-0.3, -0.25) is 23.4 Å². The molecule has 1 unspecified atom stereocenters. The first-order chi connectivity index (χ1) is 14.9. The molecule has 1 fully saturated rings. The fourth-order valence-electron chi connectivity index (χ4n) is 3.10. The van der Waals surface area contributed by atoms with E-state index in [0.29, 0.717) is 16.9 Å². The van der Waals surface area contributed by atoms with Crippen LogP contribution in [0.2, 0.25) is 0 Å². The van der Waals surface area contributed by atoms with Crippen LogP contribution in [-0.4, -0.2) is 51.0 Å². The Kier molecular flexibility index (Phi) is 6.93. The van der Waals surface area contributed by atoms with Gasteiger partial charge in [-0.05, 0) is 44.1 Å². The van der Waals surface area contributed by atoms with E-state index in [-0.39, 0.29) is 16.9 Å². The minimum Gasteiger partial charge on any atom is -0.404 e. The van der Waals surface area contributed by atoms with Gasteiger partial charge in [0.05, 0.1) is 6.61 Å². The lowest BCUT2D eigenvalue weighted by Gasteiger charge is -2.29. The lowest BCUT2D eigenvalue weighted by molar-refractivity contribution is -0.205. The molecule has 0 radical (unpaired) electrons. The number of nitrogens with zero attached hydrogens (tertiary/aromatic N) is 1. The van der Waals surface area contributed by atoms with E-state index >= 15 is 4.39 Å². The molecule has 0 saturated carbocycles. The van der Waals surface area contributed by atoms with Crippen LogP contribution in [0.1, 0.15) is 32.6 Å². The SMILES string of the molecule is C#Cc1cn([C@@H]2O[C@](F)(COP3(=O)OCC(C)=C(/C(C)=C\C)O3)[C@@H](O)[C@H]2O)c(=S)[nH]c1=O. The standard InChI is InChI=1S/C19H22FN2O8PS/c1-5-10(3)14-11(4)8-27-31(26,30-14)28-9-19(20)15(24)13(23)17(29-19)22-7-12(6-2)16(25)21-18(22)32/h2,5,7,13,15,17,23-24H,8-9H2,1,3-4H3,(H,21,25,32)/b10-5-/t13-,15+,17-,19-,31?/m1/s1. The molecule has 10 nitrogen and oxygen atoms in total. The first-order valence-electron chi connectivity index (χ1n) is 9.41. The van der Waals surface area contributed by atoms with Crippen LogP contribution in [-0.2, 0) is 22.9 Å². The summed E-state index contributed by atoms with van der Waals surface area (Å²) in [5, 5.41) is 20.6. The van der Waals surface area contributed by atoms with Crippen LogP contribution in [0.15, 0.2) is 34.0 Å². The summed E-state index contributed by atoms with van der Waals surface area (Å²) in [6.07, 6.45) is 2.55. The summed E-state index contributed by atoms with van der Waals surface area (Å²) in [4.78, 5) is 14.0. The minimum atomic E-state index is -4.25. The maximum atomic E-state index is 15.4. The number of aromatic nitrogens is 2. The van der Waals surface area contributed by atoms with E-state index in [4.69, 9.17) is 36.9 Å². The molecule has 0 amide bonds. The Bertz CT molecular complexity index is 1180. The zero-order chi connectivity index (χ0) is 23.8. The molecule has 5 atom stereocenters. The maximum Gasteiger partial charge on any atom is 0.530 e. The van der Waals surface area contributed by atoms with Crippen LogP contribution < -0.4 is 5.56 Å². The van der Waals surface area contributed by atoms with E-state index in [1.807, 2.05) is 0 Å². The number of terminal acetylenes is 1. The predicted octanol–water partition coefficient (Wildman–Crippen LogP) is 2.22. The summed E-state index contributed by atoms with van der Waals surface area (Å²) in [7, 11) is -4.25. The van der Waals surface area contributed by atoms with Crippen molar-refractivity contribution in [2.24, 2.45) is 0 Å². The van der Waals surface area contributed by atoms with Crippen molar-refractivity contribution in [2.75, 3.05) is 13.2 Å². The molecule has 174 valence electrons. The molecule has 1 saturated heterocycles. The maximum absolute atomic E-state index is 15.4. The highest BCUT2D eigenvalue weighted by atomic mass is 32.1. The molecule has 1 aromatic rings. The highest BCUT2D eigenvalue weighted by Crippen LogP contribution is 2.56. The van der Waals surface area contributed by atoms with Crippen LogP contribution in [0.25, 0.3) is 0 Å². The molecular weight excluding hydrogens is 466 g/mol. The second kappa shape index (κ2) is 9.03. The van der Waals surface area contributed by atoms with Crippen LogP contribution in [0.5, 0.6) is 0 Å². The normalized spacial score (nSPS) is 33.2. The number of nitrogens with one attached hydrogen (secondary N) is 1. The van der Waals surface area contributed by atoms with Crippen molar-refractivity contribution in [1.82, 2.24) is 9.55 Å². The van der Waals surface area contributed by atoms with Crippen molar-refractivity contribution < 1.29 is 37.5 Å². The number of ether oxygens (including phenoxy) is 1. The summed E-state index contributed by atoms with van der Waals surface area (Å²) in [6, 6.07) is 0. The van der Waals surface area contributed by atoms with E-state index in [2.05, 4.69) is 10.9 Å². The number of H-pyrrole nitrogens is 1. The molecule has 2 aliphatic rings. The first-order valence-corrected chi connectivity index (χ1v) is 11.3. The van der Waals surface area contributed by atoms with Gasteiger partial charge in [0.25, 0.3) is 11.4 Å². The van der Waals surface area contributed by atoms with E-state index in [1.54, 1.807) is 26.8 Å². The summed E-state index contributed by atoms with van der Waals surface area (Å²) in [6.45, 7) is 4.03. The van der Waals surface area contributed by atoms with Crippen LogP contribution >= 0.6 is 20.0 Å². The number of hydrogen-bond acceptors (Lipinski definition) is 9. The van der Waals surface area contributed by atoms with Crippen LogP contribution in [0, 0.1) is 17.1 Å². The van der Waals surface area contributed by atoms with E-state index in [1.165, 1.54) is 0 Å². The molecule has 3 heterocycles. The Morgan fingerprint density at radius 2 is 2.28 bits per heavy atom. The zero-order valence-electron chi connectivity index (χ0n) is 17.4. The van der Waals surface area contributed by atoms with Gasteiger partial charge in [-0.2, -0.15) is 0 Å². The van der Waals surface area contributed by atoms with Gasteiger partial charge in [-0.25, -0.2) is 8.96 Å². The van der Waals surface area contributed by atoms with Crippen molar-refractivity contribution >= 4 is 20.0 Å². The zero-order valence-corrected chi connectivity index (χ0v) is 19.1. The third kappa shape index (κ3) is 4.51. The molecule has 0 spiro atoms. The third-order valence-corrected chi connectivity index (χ3v) is 6.62. The van der Waals surface area contributed by atoms with Crippen LogP contribution in [0.3, 0.4) is 0 Å². The molecule has 32 heavy (non-hydrogen) atoms. The summed E-state index contributed by atoms with van der Waals surface area (Å²) in [5.41, 5.74) is 0.528. The molecule has 3 N–H and O–H groups in total. The first kappa shape index (κ1) is 24.5. The monoisotopic (exact) mass is 488 g/mol. The number of aliphatic hydroxyl groups is 2. The Balaban J connectivity index is 1.82. The van der Waals surface area contributed by atoms with Gasteiger partial charge in [-0.1, -0.05) is 12.0 Å². The van der Waals surface area contributed by atoms with Crippen LogP contribution in [0.4, 0.5) is 4.39 Å². The number of hydrogen-bond donors (Lipinski definition) is 3. The lowest BCUT2D eigenvalue weighted by Crippen LogP contribution is -2.43. The Morgan fingerprint density at radius 1 is 1.59 bits per heavy atom. The van der Waals surface area contributed by atoms with Gasteiger partial charge in [0.15, 0.2) is 11.0 Å². The van der Waals surface area contributed by atoms with Crippen molar-refractivity contribution in [1.29, 1.82) is 0 Å². The number of halogens is 1. The quantitative estimate of drug-likeness (QED) is 0.324. The number of rotatable bonds is 5. The molecule has 0 bridgehead atoms. The van der Waals surface area contributed by atoms with Gasteiger partial charge >= 0.3 is 7.82 Å². The van der Waals surface area contributed by atoms with E-state index in [0.717, 1.165) is 10.8 Å². The molecule has 0 aromatic carbocycles. The topological polar surface area (TPSA) is 132 Å². The van der Waals surface area contributed by atoms with E-state index < -0.39 is 44.3 Å². The van der Waals surface area contributed by atoms with Gasteiger partial charge in [0.1, 0.15) is 30.1 Å². The number of alkyl halides is 1. The van der Waals surface area contributed by atoms with Crippen molar-refractivity contribution in [3.05, 3.63) is 49.9 Å². The largest absolute Gasteiger partial charge is 0.530 e. The second-order valence-corrected chi connectivity index (χ2v) is 9.23. The van der Waals surface area contributed by atoms with Gasteiger partial charge < -0.3 is 19.5 Å². The Hall–Kier alpha value is -2.10. The minimum absolute atomic E-state index is 0.0762. The number of aliphatic hydroxyl groups excluding tert-OH is 2. The molecular formula is C19H22FN2O8PS. The average Bonchev–Trinajstić information content (AvgIpc) is 2.98. The third-order valence-electron chi connectivity index (χ3n) is 5.01. The Morgan fingerprint density at radius 3 is 2.91 bits per heavy atom. The molecule has 3 rings (SSSR count). The van der Waals surface area contributed by atoms with Crippen molar-refractivity contribution in [3.63, 3.8) is 0 Å². The smallest absolute Gasteiger partial charge is 0.404 e. The Labute approximate surface area is 187 Å². The van der Waals surface area contributed by atoms with Gasteiger partial charge in [-0.15, -0.1) is 6.42 Å². The molecule has 0 aliphatic carbocycles. The lowest BCUT2D eigenvalue weighted by atomic mass is 10.1. The highest BCUT2D eigenvalue weighted by molar-refractivity contribution is 7.71. The fourth-order valence-corrected chi connectivity index (χ4v) is 4.74. The van der Waals surface area contributed by atoms with E-state index in [9.17, 15) is 19.6 Å². The highest BCUT2D eigenvalue weighted by Gasteiger charge is 2.57. The summed E-state index contributed by atoms with van der Waals surface area (Å²) in [5.74, 6) is -0.599.